The molecule has 0 saturated carbocycles. The minimum atomic E-state index is -5.09. The van der Waals surface area contributed by atoms with E-state index in [-0.39, 0.29) is 10.8 Å². The number of halogens is 2. The number of H-pyrrole nitrogens is 1. The SMILES string of the molecule is C1=NN=N[NH2+]1.O=P([O-])([O-])Oc1c[nH]c2ccc(Br)c(Cl)c12. The van der Waals surface area contributed by atoms with Gasteiger partial charge in [0.2, 0.25) is 6.34 Å². The molecule has 0 atom stereocenters. The van der Waals surface area contributed by atoms with E-state index in [0.29, 0.717) is 15.4 Å². The van der Waals surface area contributed by atoms with Gasteiger partial charge in [-0.15, -0.1) is 0 Å². The molecular formula is C9H7BrClN5O4P-. The predicted octanol–water partition coefficient (Wildman–Crippen LogP) is 0.665. The first-order valence-corrected chi connectivity index (χ1v) is 7.93. The molecule has 0 radical (unpaired) electrons. The Morgan fingerprint density at radius 3 is 2.71 bits per heavy atom. The smallest absolute Gasteiger partial charge is 0.236 e. The highest BCUT2D eigenvalue weighted by molar-refractivity contribution is 9.10. The van der Waals surface area contributed by atoms with Crippen LogP contribution in [0, 0.1) is 0 Å². The first-order chi connectivity index (χ1) is 9.88. The van der Waals surface area contributed by atoms with E-state index in [1.807, 2.05) is 0 Å². The molecule has 0 aliphatic carbocycles. The van der Waals surface area contributed by atoms with Gasteiger partial charge in [0.05, 0.1) is 21.1 Å². The standard InChI is InChI=1S/C8H6BrClNO4P.CH2N4/c9-4-1-2-5-7(8(4)10)6(3-11-5)15-16(12,13)14;1-2-4-5-3-1/h1-3,11H,(H2,12,13,14);1H,(H,2,3,4,5)/p-1. The van der Waals surface area contributed by atoms with E-state index in [4.69, 9.17) is 11.6 Å². The number of nitrogens with two attached hydrogens (primary N) is 1. The Bertz CT molecular complexity index is 748. The molecule has 21 heavy (non-hydrogen) atoms. The molecular weight excluding hydrogens is 388 g/mol. The number of nitrogens with one attached hydrogen (secondary N) is 1. The molecule has 112 valence electrons. The van der Waals surface area contributed by atoms with Gasteiger partial charge in [0.1, 0.15) is 7.82 Å². The van der Waals surface area contributed by atoms with Gasteiger partial charge >= 0.3 is 0 Å². The summed E-state index contributed by atoms with van der Waals surface area (Å²) in [4.78, 5) is 23.8. The molecule has 0 spiro atoms. The zero-order valence-corrected chi connectivity index (χ0v) is 13.3. The molecule has 1 aliphatic rings. The summed E-state index contributed by atoms with van der Waals surface area (Å²) in [6.07, 6.45) is 2.80. The number of aromatic amines is 1. The van der Waals surface area contributed by atoms with Crippen molar-refractivity contribution in [3.05, 3.63) is 27.8 Å². The molecule has 0 fully saturated rings. The van der Waals surface area contributed by atoms with Crippen LogP contribution in [0.1, 0.15) is 0 Å². The first kappa shape index (κ1) is 16.1. The maximum absolute atomic E-state index is 10.5. The zero-order chi connectivity index (χ0) is 15.5. The summed E-state index contributed by atoms with van der Waals surface area (Å²) < 4.78 is 15.4. The van der Waals surface area contributed by atoms with Crippen molar-refractivity contribution < 1.29 is 24.3 Å². The van der Waals surface area contributed by atoms with Crippen LogP contribution in [-0.2, 0) is 4.57 Å². The van der Waals surface area contributed by atoms with E-state index in [1.165, 1.54) is 18.0 Å². The summed E-state index contributed by atoms with van der Waals surface area (Å²) in [6, 6.07) is 3.37. The fourth-order valence-electron chi connectivity index (χ4n) is 1.47. The number of phosphoric acid groups is 1. The van der Waals surface area contributed by atoms with E-state index < -0.39 is 7.82 Å². The van der Waals surface area contributed by atoms with Gasteiger partial charge in [0.15, 0.2) is 5.75 Å². The van der Waals surface area contributed by atoms with E-state index in [9.17, 15) is 14.4 Å². The quantitative estimate of drug-likeness (QED) is 0.569. The van der Waals surface area contributed by atoms with Crippen LogP contribution in [-0.4, -0.2) is 11.3 Å². The maximum Gasteiger partial charge on any atom is 0.236 e. The first-order valence-electron chi connectivity index (χ1n) is 5.30. The summed E-state index contributed by atoms with van der Waals surface area (Å²) in [5, 5.41) is 10.6. The van der Waals surface area contributed by atoms with Crippen molar-refractivity contribution in [3.8, 4) is 5.75 Å². The third-order valence-corrected chi connectivity index (χ3v) is 3.92. The van der Waals surface area contributed by atoms with Crippen LogP contribution in [0.2, 0.25) is 5.02 Å². The Morgan fingerprint density at radius 1 is 1.43 bits per heavy atom. The lowest BCUT2D eigenvalue weighted by atomic mass is 10.2. The third kappa shape index (κ3) is 4.34. The third-order valence-electron chi connectivity index (χ3n) is 2.21. The molecule has 0 saturated heterocycles. The van der Waals surface area contributed by atoms with Gasteiger partial charge in [-0.25, -0.2) is 0 Å². The molecule has 0 bridgehead atoms. The average Bonchev–Trinajstić information content (AvgIpc) is 3.05. The number of hydrogen-bond acceptors (Lipinski definition) is 7. The lowest BCUT2D eigenvalue weighted by molar-refractivity contribution is -0.538. The van der Waals surface area contributed by atoms with Gasteiger partial charge in [-0.1, -0.05) is 16.7 Å². The van der Waals surface area contributed by atoms with E-state index in [0.717, 1.165) is 0 Å². The number of hydrogen-bond donors (Lipinski definition) is 2. The highest BCUT2D eigenvalue weighted by Gasteiger charge is 2.12. The fourth-order valence-corrected chi connectivity index (χ4v) is 2.44. The zero-order valence-electron chi connectivity index (χ0n) is 10.1. The van der Waals surface area contributed by atoms with Gasteiger partial charge in [-0.2, -0.15) is 5.43 Å². The monoisotopic (exact) mass is 394 g/mol. The van der Waals surface area contributed by atoms with Crippen molar-refractivity contribution in [2.75, 3.05) is 0 Å². The van der Waals surface area contributed by atoms with Crippen molar-refractivity contribution >= 4 is 52.6 Å². The number of nitrogens with zero attached hydrogens (tertiary/aromatic N) is 3. The lowest BCUT2D eigenvalue weighted by Crippen LogP contribution is -2.74. The van der Waals surface area contributed by atoms with Crippen molar-refractivity contribution in [3.63, 3.8) is 0 Å². The van der Waals surface area contributed by atoms with Crippen LogP contribution in [0.25, 0.3) is 10.9 Å². The Balaban J connectivity index is 0.000000272. The summed E-state index contributed by atoms with van der Waals surface area (Å²) in [5.74, 6) is -0.102. The highest BCUT2D eigenvalue weighted by atomic mass is 79.9. The van der Waals surface area contributed by atoms with Crippen LogP contribution in [0.3, 0.4) is 0 Å². The van der Waals surface area contributed by atoms with Gasteiger partial charge in [-0.05, 0) is 28.1 Å². The molecule has 1 aromatic carbocycles. The summed E-state index contributed by atoms with van der Waals surface area (Å²) in [6.45, 7) is 0. The molecule has 9 nitrogen and oxygen atoms in total. The van der Waals surface area contributed by atoms with Crippen LogP contribution in [0.5, 0.6) is 5.75 Å². The summed E-state index contributed by atoms with van der Waals surface area (Å²) >= 11 is 9.15. The normalized spacial score (nSPS) is 13.3. The summed E-state index contributed by atoms with van der Waals surface area (Å²) in [7, 11) is -5.09. The van der Waals surface area contributed by atoms with Crippen molar-refractivity contribution in [2.24, 2.45) is 15.5 Å². The molecule has 3 rings (SSSR count). The highest BCUT2D eigenvalue weighted by Crippen LogP contribution is 2.40. The lowest BCUT2D eigenvalue weighted by Gasteiger charge is -2.28. The number of aromatic nitrogens is 1. The second-order valence-corrected chi connectivity index (χ2v) is 5.90. The summed E-state index contributed by atoms with van der Waals surface area (Å²) in [5.41, 5.74) is 2.11. The number of phosphoric ester groups is 1. The van der Waals surface area contributed by atoms with Gasteiger partial charge in [0, 0.05) is 15.9 Å². The van der Waals surface area contributed by atoms with E-state index >= 15 is 0 Å². The molecule has 1 aliphatic heterocycles. The molecule has 2 aromatic rings. The maximum atomic E-state index is 10.5. The molecule has 3 N–H and O–H groups in total. The number of quaternary nitrogens is 1. The van der Waals surface area contributed by atoms with Gasteiger partial charge in [0.25, 0.3) is 0 Å². The van der Waals surface area contributed by atoms with E-state index in [1.54, 1.807) is 12.1 Å². The largest absolute Gasteiger partial charge is 0.780 e. The molecule has 12 heteroatoms. The molecule has 0 unspecified atom stereocenters. The molecule has 2 heterocycles. The molecule has 1 aromatic heterocycles. The van der Waals surface area contributed by atoms with Crippen molar-refractivity contribution in [2.45, 2.75) is 0 Å². The predicted molar refractivity (Wildman–Crippen MR) is 74.5 cm³/mol. The van der Waals surface area contributed by atoms with E-state index in [2.05, 4.69) is 41.0 Å². The van der Waals surface area contributed by atoms with Gasteiger partial charge in [-0.3, -0.25) is 0 Å². The van der Waals surface area contributed by atoms with Gasteiger partial charge < -0.3 is 23.9 Å². The van der Waals surface area contributed by atoms with Crippen LogP contribution in [0.15, 0.2) is 38.4 Å². The Kier molecular flexibility index (Phi) is 5.09. The Labute approximate surface area is 131 Å². The van der Waals surface area contributed by atoms with Crippen molar-refractivity contribution in [1.82, 2.24) is 4.98 Å². The topological polar surface area (TPSA) is 142 Å². The number of fused-ring (bicyclic) bond motifs is 1. The van der Waals surface area contributed by atoms with Crippen LogP contribution >= 0.6 is 35.4 Å². The Morgan fingerprint density at radius 2 is 2.19 bits per heavy atom. The second-order valence-electron chi connectivity index (χ2n) is 3.59. The van der Waals surface area contributed by atoms with Crippen LogP contribution in [0.4, 0.5) is 0 Å². The fraction of sp³-hybridized carbons (Fsp3) is 0. The number of benzene rings is 1. The minimum absolute atomic E-state index is 0.102. The van der Waals surface area contributed by atoms with Crippen molar-refractivity contribution in [1.29, 1.82) is 0 Å². The average molecular weight is 396 g/mol. The number of rotatable bonds is 2. The van der Waals surface area contributed by atoms with Crippen LogP contribution < -0.4 is 19.7 Å². The Hall–Kier alpha value is -1.29. The minimum Gasteiger partial charge on any atom is -0.780 e. The molecule has 0 amide bonds. The second kappa shape index (κ2) is 6.65.